The van der Waals surface area contributed by atoms with Crippen molar-refractivity contribution in [2.24, 2.45) is 0 Å². The number of fused-ring (bicyclic) bond motifs is 1. The van der Waals surface area contributed by atoms with Gasteiger partial charge in [-0.15, -0.1) is 0 Å². The SMILES string of the molecule is CC(NCC(=O)N1CCN(Cc2cccc3ccccc23)CC1)c1ccco1. The lowest BCUT2D eigenvalue weighted by molar-refractivity contribution is -0.132. The summed E-state index contributed by atoms with van der Waals surface area (Å²) in [4.78, 5) is 16.9. The molecule has 1 saturated heterocycles. The van der Waals surface area contributed by atoms with Gasteiger partial charge in [0.1, 0.15) is 5.76 Å². The number of hydrogen-bond donors (Lipinski definition) is 1. The monoisotopic (exact) mass is 377 g/mol. The minimum Gasteiger partial charge on any atom is -0.468 e. The topological polar surface area (TPSA) is 48.7 Å². The summed E-state index contributed by atoms with van der Waals surface area (Å²) in [5.74, 6) is 1.01. The van der Waals surface area contributed by atoms with Gasteiger partial charge in [0.15, 0.2) is 0 Å². The molecular weight excluding hydrogens is 350 g/mol. The Kier molecular flexibility index (Phi) is 5.74. The fourth-order valence-corrected chi connectivity index (χ4v) is 3.82. The number of benzene rings is 2. The highest BCUT2D eigenvalue weighted by atomic mass is 16.3. The maximum absolute atomic E-state index is 12.5. The first kappa shape index (κ1) is 18.7. The van der Waals surface area contributed by atoms with E-state index in [2.05, 4.69) is 52.7 Å². The Morgan fingerprint density at radius 3 is 2.61 bits per heavy atom. The Bertz CT molecular complexity index is 909. The molecule has 146 valence electrons. The van der Waals surface area contributed by atoms with Gasteiger partial charge in [-0.25, -0.2) is 0 Å². The van der Waals surface area contributed by atoms with Gasteiger partial charge in [0.05, 0.1) is 18.8 Å². The van der Waals surface area contributed by atoms with Crippen molar-refractivity contribution < 1.29 is 9.21 Å². The fraction of sp³-hybridized carbons (Fsp3) is 0.348. The second-order valence-electron chi connectivity index (χ2n) is 7.41. The zero-order valence-corrected chi connectivity index (χ0v) is 16.3. The molecule has 1 amide bonds. The van der Waals surface area contributed by atoms with Gasteiger partial charge in [0, 0.05) is 32.7 Å². The number of nitrogens with one attached hydrogen (secondary N) is 1. The van der Waals surface area contributed by atoms with Crippen LogP contribution in [0.25, 0.3) is 10.8 Å². The number of amides is 1. The lowest BCUT2D eigenvalue weighted by Crippen LogP contribution is -2.50. The molecule has 2 heterocycles. The van der Waals surface area contributed by atoms with E-state index in [1.807, 2.05) is 24.0 Å². The van der Waals surface area contributed by atoms with Crippen LogP contribution in [0.15, 0.2) is 65.3 Å². The maximum Gasteiger partial charge on any atom is 0.236 e. The summed E-state index contributed by atoms with van der Waals surface area (Å²) in [5.41, 5.74) is 1.35. The van der Waals surface area contributed by atoms with E-state index in [0.717, 1.165) is 38.5 Å². The van der Waals surface area contributed by atoms with Crippen LogP contribution in [0.2, 0.25) is 0 Å². The number of rotatable bonds is 6. The maximum atomic E-state index is 12.5. The summed E-state index contributed by atoms with van der Waals surface area (Å²) in [5, 5.41) is 5.86. The number of piperazine rings is 1. The summed E-state index contributed by atoms with van der Waals surface area (Å²) in [6.07, 6.45) is 1.66. The Balaban J connectivity index is 1.28. The van der Waals surface area contributed by atoms with Crippen molar-refractivity contribution >= 4 is 16.7 Å². The smallest absolute Gasteiger partial charge is 0.236 e. The second-order valence-corrected chi connectivity index (χ2v) is 7.41. The Labute approximate surface area is 165 Å². The van der Waals surface area contributed by atoms with Gasteiger partial charge in [0.25, 0.3) is 0 Å². The zero-order valence-electron chi connectivity index (χ0n) is 16.3. The van der Waals surface area contributed by atoms with Crippen LogP contribution in [0.1, 0.15) is 24.3 Å². The molecule has 4 rings (SSSR count). The molecule has 1 N–H and O–H groups in total. The number of nitrogens with zero attached hydrogens (tertiary/aromatic N) is 2. The third kappa shape index (κ3) is 4.26. The molecule has 0 aliphatic carbocycles. The van der Waals surface area contributed by atoms with E-state index in [1.165, 1.54) is 16.3 Å². The van der Waals surface area contributed by atoms with Crippen molar-refractivity contribution in [1.82, 2.24) is 15.1 Å². The fourth-order valence-electron chi connectivity index (χ4n) is 3.82. The van der Waals surface area contributed by atoms with Gasteiger partial charge >= 0.3 is 0 Å². The van der Waals surface area contributed by atoms with Crippen molar-refractivity contribution in [3.8, 4) is 0 Å². The van der Waals surface area contributed by atoms with Gasteiger partial charge in [-0.05, 0) is 35.4 Å². The summed E-state index contributed by atoms with van der Waals surface area (Å²) in [7, 11) is 0. The third-order valence-corrected chi connectivity index (χ3v) is 5.53. The third-order valence-electron chi connectivity index (χ3n) is 5.53. The molecule has 1 aromatic heterocycles. The quantitative estimate of drug-likeness (QED) is 0.715. The van der Waals surface area contributed by atoms with E-state index in [1.54, 1.807) is 6.26 Å². The summed E-state index contributed by atoms with van der Waals surface area (Å²) in [6.45, 7) is 6.64. The van der Waals surface area contributed by atoms with Crippen molar-refractivity contribution in [2.75, 3.05) is 32.7 Å². The highest BCUT2D eigenvalue weighted by Crippen LogP contribution is 2.20. The van der Waals surface area contributed by atoms with Crippen molar-refractivity contribution in [2.45, 2.75) is 19.5 Å². The highest BCUT2D eigenvalue weighted by Gasteiger charge is 2.22. The van der Waals surface area contributed by atoms with E-state index in [-0.39, 0.29) is 11.9 Å². The van der Waals surface area contributed by atoms with Crippen LogP contribution in [0, 0.1) is 0 Å². The molecule has 0 bridgehead atoms. The number of carbonyl (C=O) groups excluding carboxylic acids is 1. The molecule has 1 aliphatic rings. The van der Waals surface area contributed by atoms with E-state index < -0.39 is 0 Å². The molecule has 1 aliphatic heterocycles. The zero-order chi connectivity index (χ0) is 19.3. The minimum atomic E-state index is 0.0339. The van der Waals surface area contributed by atoms with Crippen molar-refractivity contribution in [3.05, 3.63) is 72.2 Å². The predicted molar refractivity (Wildman–Crippen MR) is 111 cm³/mol. The summed E-state index contributed by atoms with van der Waals surface area (Å²) in [6, 6.07) is 18.8. The average molecular weight is 377 g/mol. The minimum absolute atomic E-state index is 0.0339. The van der Waals surface area contributed by atoms with E-state index in [0.29, 0.717) is 6.54 Å². The van der Waals surface area contributed by atoms with E-state index in [4.69, 9.17) is 4.42 Å². The van der Waals surface area contributed by atoms with Crippen LogP contribution in [0.3, 0.4) is 0 Å². The molecule has 1 unspecified atom stereocenters. The number of carbonyl (C=O) groups is 1. The normalized spacial score (nSPS) is 16.4. The van der Waals surface area contributed by atoms with Crippen LogP contribution in [-0.4, -0.2) is 48.4 Å². The first-order valence-corrected chi connectivity index (χ1v) is 9.94. The van der Waals surface area contributed by atoms with Crippen LogP contribution in [0.5, 0.6) is 0 Å². The second kappa shape index (κ2) is 8.59. The molecular formula is C23H27N3O2. The van der Waals surface area contributed by atoms with Crippen molar-refractivity contribution in [3.63, 3.8) is 0 Å². The molecule has 0 saturated carbocycles. The number of furan rings is 1. The molecule has 0 spiro atoms. The Morgan fingerprint density at radius 1 is 1.04 bits per heavy atom. The Hall–Kier alpha value is -2.63. The van der Waals surface area contributed by atoms with Crippen molar-refractivity contribution in [1.29, 1.82) is 0 Å². The lowest BCUT2D eigenvalue weighted by atomic mass is 10.0. The molecule has 1 fully saturated rings. The highest BCUT2D eigenvalue weighted by molar-refractivity contribution is 5.85. The average Bonchev–Trinajstić information content (AvgIpc) is 3.28. The Morgan fingerprint density at radius 2 is 1.82 bits per heavy atom. The standard InChI is InChI=1S/C23H27N3O2/c1-18(22-10-5-15-28-22)24-16-23(27)26-13-11-25(12-14-26)17-20-8-4-7-19-6-2-3-9-21(19)20/h2-10,15,18,24H,11-14,16-17H2,1H3. The summed E-state index contributed by atoms with van der Waals surface area (Å²) >= 11 is 0. The van der Waals surface area contributed by atoms with Crippen LogP contribution >= 0.6 is 0 Å². The van der Waals surface area contributed by atoms with Gasteiger partial charge < -0.3 is 9.32 Å². The molecule has 28 heavy (non-hydrogen) atoms. The van der Waals surface area contributed by atoms with E-state index >= 15 is 0 Å². The largest absolute Gasteiger partial charge is 0.468 e. The van der Waals surface area contributed by atoms with Crippen LogP contribution in [0.4, 0.5) is 0 Å². The predicted octanol–water partition coefficient (Wildman–Crippen LogP) is 3.43. The van der Waals surface area contributed by atoms with Gasteiger partial charge in [-0.3, -0.25) is 15.0 Å². The molecule has 5 nitrogen and oxygen atoms in total. The van der Waals surface area contributed by atoms with Crippen LogP contribution in [-0.2, 0) is 11.3 Å². The van der Waals surface area contributed by atoms with Gasteiger partial charge in [-0.1, -0.05) is 42.5 Å². The summed E-state index contributed by atoms with van der Waals surface area (Å²) < 4.78 is 5.38. The first-order chi connectivity index (χ1) is 13.7. The van der Waals surface area contributed by atoms with Gasteiger partial charge in [-0.2, -0.15) is 0 Å². The molecule has 2 aromatic carbocycles. The van der Waals surface area contributed by atoms with E-state index in [9.17, 15) is 4.79 Å². The molecule has 0 radical (unpaired) electrons. The van der Waals surface area contributed by atoms with Gasteiger partial charge in [0.2, 0.25) is 5.91 Å². The molecule has 3 aromatic rings. The molecule has 1 atom stereocenters. The number of hydrogen-bond acceptors (Lipinski definition) is 4. The first-order valence-electron chi connectivity index (χ1n) is 9.94. The lowest BCUT2D eigenvalue weighted by Gasteiger charge is -2.35. The van der Waals surface area contributed by atoms with Crippen LogP contribution < -0.4 is 5.32 Å². The molecule has 5 heteroatoms.